The Morgan fingerprint density at radius 1 is 0.939 bits per heavy atom. The molecule has 0 radical (unpaired) electrons. The maximum absolute atomic E-state index is 13.4. The van der Waals surface area contributed by atoms with Crippen LogP contribution < -0.4 is 25.0 Å². The lowest BCUT2D eigenvalue weighted by Crippen LogP contribution is -2.52. The Hall–Kier alpha value is -4.20. The van der Waals surface area contributed by atoms with Gasteiger partial charge in [-0.3, -0.25) is 15.0 Å². The van der Waals surface area contributed by atoms with Crippen molar-refractivity contribution in [2.24, 2.45) is 0 Å². The van der Waals surface area contributed by atoms with E-state index in [0.717, 1.165) is 11.1 Å². The molecular weight excluding hydrogens is 422 g/mol. The quantitative estimate of drug-likeness (QED) is 0.595. The number of para-hydroxylation sites is 1. The second-order valence-corrected chi connectivity index (χ2v) is 7.53. The number of benzene rings is 3. The molecule has 0 fully saturated rings. The molecule has 1 heterocycles. The lowest BCUT2D eigenvalue weighted by atomic mass is 10.0. The van der Waals surface area contributed by atoms with Crippen molar-refractivity contribution in [1.29, 1.82) is 0 Å². The van der Waals surface area contributed by atoms with E-state index in [4.69, 9.17) is 14.2 Å². The van der Waals surface area contributed by atoms with Crippen LogP contribution in [0, 0.1) is 6.92 Å². The van der Waals surface area contributed by atoms with E-state index in [1.807, 2.05) is 43.3 Å². The van der Waals surface area contributed by atoms with Crippen LogP contribution in [0.2, 0.25) is 0 Å². The number of methoxy groups -OCH3 is 3. The summed E-state index contributed by atoms with van der Waals surface area (Å²) in [5.41, 5.74) is 6.09. The predicted octanol–water partition coefficient (Wildman–Crippen LogP) is 3.93. The monoisotopic (exact) mass is 447 g/mol. The first-order valence-electron chi connectivity index (χ1n) is 10.3. The Balaban J connectivity index is 1.72. The zero-order chi connectivity index (χ0) is 23.5. The van der Waals surface area contributed by atoms with Gasteiger partial charge in [0.1, 0.15) is 6.17 Å². The Morgan fingerprint density at radius 3 is 2.18 bits per heavy atom. The molecule has 0 saturated heterocycles. The lowest BCUT2D eigenvalue weighted by molar-refractivity contribution is 0.0490. The standard InChI is InChI=1S/C25H25N3O5/c1-15-9-11-16(12-10-15)23-26-19-8-6-5-7-18(19)25(30)28(23)27-24(29)17-13-20(31-2)22(33-4)21(14-17)32-3/h5-14,23,26H,1-4H3,(H,27,29). The first kappa shape index (κ1) is 22.0. The van der Waals surface area contributed by atoms with Crippen molar-refractivity contribution in [3.8, 4) is 17.2 Å². The molecule has 1 unspecified atom stereocenters. The third-order valence-electron chi connectivity index (χ3n) is 5.47. The summed E-state index contributed by atoms with van der Waals surface area (Å²) in [7, 11) is 4.44. The molecule has 2 amide bonds. The lowest BCUT2D eigenvalue weighted by Gasteiger charge is -2.37. The van der Waals surface area contributed by atoms with E-state index in [1.54, 1.807) is 12.1 Å². The average molecular weight is 447 g/mol. The van der Waals surface area contributed by atoms with Crippen LogP contribution in [0.3, 0.4) is 0 Å². The molecule has 0 spiro atoms. The molecular formula is C25H25N3O5. The van der Waals surface area contributed by atoms with Crippen LogP contribution >= 0.6 is 0 Å². The summed E-state index contributed by atoms with van der Waals surface area (Å²) >= 11 is 0. The molecule has 8 nitrogen and oxygen atoms in total. The summed E-state index contributed by atoms with van der Waals surface area (Å²) in [4.78, 5) is 26.6. The molecule has 0 aliphatic carbocycles. The van der Waals surface area contributed by atoms with Gasteiger partial charge >= 0.3 is 0 Å². The van der Waals surface area contributed by atoms with Crippen molar-refractivity contribution < 1.29 is 23.8 Å². The SMILES string of the molecule is COc1cc(C(=O)NN2C(=O)c3ccccc3NC2c2ccc(C)cc2)cc(OC)c1OC. The first-order valence-corrected chi connectivity index (χ1v) is 10.3. The average Bonchev–Trinajstić information content (AvgIpc) is 2.85. The fourth-order valence-corrected chi connectivity index (χ4v) is 3.74. The highest BCUT2D eigenvalue weighted by molar-refractivity contribution is 6.04. The summed E-state index contributed by atoms with van der Waals surface area (Å²) < 4.78 is 16.0. The molecule has 8 heteroatoms. The Morgan fingerprint density at radius 2 is 1.58 bits per heavy atom. The number of hydrogen-bond donors (Lipinski definition) is 2. The molecule has 1 aliphatic rings. The number of fused-ring (bicyclic) bond motifs is 1. The van der Waals surface area contributed by atoms with Gasteiger partial charge in [-0.05, 0) is 36.8 Å². The summed E-state index contributed by atoms with van der Waals surface area (Å²) in [5.74, 6) is 0.228. The minimum absolute atomic E-state index is 0.249. The highest BCUT2D eigenvalue weighted by Gasteiger charge is 2.34. The number of carbonyl (C=O) groups excluding carboxylic acids is 2. The van der Waals surface area contributed by atoms with Gasteiger partial charge in [-0.15, -0.1) is 0 Å². The first-order chi connectivity index (χ1) is 16.0. The van der Waals surface area contributed by atoms with Gasteiger partial charge in [-0.1, -0.05) is 42.0 Å². The van der Waals surface area contributed by atoms with Gasteiger partial charge in [0.25, 0.3) is 11.8 Å². The number of nitrogens with one attached hydrogen (secondary N) is 2. The molecule has 33 heavy (non-hydrogen) atoms. The predicted molar refractivity (Wildman–Crippen MR) is 124 cm³/mol. The van der Waals surface area contributed by atoms with Gasteiger partial charge in [0.05, 0.1) is 26.9 Å². The molecule has 2 N–H and O–H groups in total. The second kappa shape index (κ2) is 9.12. The van der Waals surface area contributed by atoms with Crippen molar-refractivity contribution >= 4 is 17.5 Å². The van der Waals surface area contributed by atoms with Gasteiger partial charge in [-0.25, -0.2) is 5.01 Å². The van der Waals surface area contributed by atoms with E-state index in [2.05, 4.69) is 10.7 Å². The van der Waals surface area contributed by atoms with Crippen molar-refractivity contribution in [2.75, 3.05) is 26.6 Å². The van der Waals surface area contributed by atoms with Crippen LogP contribution in [-0.2, 0) is 0 Å². The minimum atomic E-state index is -0.598. The zero-order valence-electron chi connectivity index (χ0n) is 18.8. The van der Waals surface area contributed by atoms with Crippen LogP contribution in [0.1, 0.15) is 38.0 Å². The van der Waals surface area contributed by atoms with E-state index in [9.17, 15) is 9.59 Å². The van der Waals surface area contributed by atoms with E-state index in [0.29, 0.717) is 28.5 Å². The third kappa shape index (κ3) is 4.15. The number of aryl methyl sites for hydroxylation is 1. The van der Waals surface area contributed by atoms with Crippen molar-refractivity contribution in [3.63, 3.8) is 0 Å². The minimum Gasteiger partial charge on any atom is -0.493 e. The zero-order valence-corrected chi connectivity index (χ0v) is 18.8. The molecule has 1 aliphatic heterocycles. The van der Waals surface area contributed by atoms with Crippen LogP contribution in [0.15, 0.2) is 60.7 Å². The van der Waals surface area contributed by atoms with E-state index in [-0.39, 0.29) is 11.5 Å². The fraction of sp³-hybridized carbons (Fsp3) is 0.200. The van der Waals surface area contributed by atoms with E-state index in [1.165, 1.54) is 38.5 Å². The number of carbonyl (C=O) groups is 2. The fourth-order valence-electron chi connectivity index (χ4n) is 3.74. The highest BCUT2D eigenvalue weighted by Crippen LogP contribution is 2.38. The summed E-state index contributed by atoms with van der Waals surface area (Å²) in [6.07, 6.45) is -0.598. The molecule has 3 aromatic rings. The van der Waals surface area contributed by atoms with Gasteiger partial charge in [0.15, 0.2) is 11.5 Å². The van der Waals surface area contributed by atoms with Gasteiger partial charge in [-0.2, -0.15) is 0 Å². The number of hydrogen-bond acceptors (Lipinski definition) is 6. The van der Waals surface area contributed by atoms with Crippen LogP contribution in [0.4, 0.5) is 5.69 Å². The normalized spacial score (nSPS) is 14.7. The van der Waals surface area contributed by atoms with Gasteiger partial charge in [0.2, 0.25) is 5.75 Å². The number of amides is 2. The maximum Gasteiger partial charge on any atom is 0.276 e. The smallest absolute Gasteiger partial charge is 0.276 e. The molecule has 0 saturated carbocycles. The van der Waals surface area contributed by atoms with Gasteiger partial charge in [0, 0.05) is 11.3 Å². The number of nitrogens with zero attached hydrogens (tertiary/aromatic N) is 1. The topological polar surface area (TPSA) is 89.1 Å². The van der Waals surface area contributed by atoms with E-state index < -0.39 is 12.1 Å². The molecule has 170 valence electrons. The number of rotatable bonds is 6. The number of anilines is 1. The molecule has 3 aromatic carbocycles. The summed E-state index contributed by atoms with van der Waals surface area (Å²) in [5, 5.41) is 4.66. The third-order valence-corrected chi connectivity index (χ3v) is 5.47. The molecule has 4 rings (SSSR count). The Labute approximate surface area is 192 Å². The Kier molecular flexibility index (Phi) is 6.08. The molecule has 0 bridgehead atoms. The van der Waals surface area contributed by atoms with Crippen LogP contribution in [0.25, 0.3) is 0 Å². The molecule has 1 atom stereocenters. The number of hydrazine groups is 1. The van der Waals surface area contributed by atoms with Crippen molar-refractivity contribution in [1.82, 2.24) is 10.4 Å². The van der Waals surface area contributed by atoms with Crippen LogP contribution in [0.5, 0.6) is 17.2 Å². The molecule has 0 aromatic heterocycles. The summed E-state index contributed by atoms with van der Waals surface area (Å²) in [6.45, 7) is 1.99. The summed E-state index contributed by atoms with van der Waals surface area (Å²) in [6, 6.07) is 18.0. The largest absolute Gasteiger partial charge is 0.493 e. The Bertz CT molecular complexity index is 1170. The maximum atomic E-state index is 13.4. The van der Waals surface area contributed by atoms with E-state index >= 15 is 0 Å². The number of ether oxygens (including phenoxy) is 3. The highest BCUT2D eigenvalue weighted by atomic mass is 16.5. The van der Waals surface area contributed by atoms with Crippen molar-refractivity contribution in [2.45, 2.75) is 13.1 Å². The second-order valence-electron chi connectivity index (χ2n) is 7.53. The van der Waals surface area contributed by atoms with Gasteiger partial charge < -0.3 is 19.5 Å². The van der Waals surface area contributed by atoms with Crippen molar-refractivity contribution in [3.05, 3.63) is 82.9 Å². The van der Waals surface area contributed by atoms with Crippen LogP contribution in [-0.4, -0.2) is 38.2 Å².